The van der Waals surface area contributed by atoms with Crippen LogP contribution >= 0.6 is 0 Å². The van der Waals surface area contributed by atoms with Crippen LogP contribution in [-0.4, -0.2) is 35.8 Å². The van der Waals surface area contributed by atoms with Gasteiger partial charge in [-0.25, -0.2) is 8.78 Å². The molecule has 2 aromatic rings. The number of hydrogen-bond donors (Lipinski definition) is 3. The van der Waals surface area contributed by atoms with Gasteiger partial charge in [-0.05, 0) is 56.5 Å². The molecule has 2 atom stereocenters. The summed E-state index contributed by atoms with van der Waals surface area (Å²) in [6, 6.07) is 3.61. The first-order valence-corrected chi connectivity index (χ1v) is 9.52. The minimum Gasteiger partial charge on any atom is -0.354 e. The second kappa shape index (κ2) is 8.22. The lowest BCUT2D eigenvalue weighted by Crippen LogP contribution is -2.50. The van der Waals surface area contributed by atoms with E-state index in [4.69, 9.17) is 0 Å². The van der Waals surface area contributed by atoms with Crippen molar-refractivity contribution in [1.29, 1.82) is 0 Å². The number of carbonyl (C=O) groups is 2. The van der Waals surface area contributed by atoms with Crippen molar-refractivity contribution in [2.24, 2.45) is 0 Å². The molecule has 1 aromatic carbocycles. The number of Topliss-reactive ketones (excluding diaryl/α,β-unsaturated/α-hetero) is 1. The number of aromatic nitrogens is 1. The minimum atomic E-state index is -0.888. The quantitative estimate of drug-likeness (QED) is 0.688. The summed E-state index contributed by atoms with van der Waals surface area (Å²) in [5, 5.41) is 6.25. The molecule has 1 fully saturated rings. The van der Waals surface area contributed by atoms with Crippen LogP contribution in [0.15, 0.2) is 18.2 Å². The highest BCUT2D eigenvalue weighted by molar-refractivity contribution is 6.02. The fraction of sp³-hybridized carbons (Fsp3) is 0.429. The molecule has 150 valence electrons. The summed E-state index contributed by atoms with van der Waals surface area (Å²) in [6.07, 6.45) is 1.25. The van der Waals surface area contributed by atoms with E-state index in [2.05, 4.69) is 15.6 Å². The summed E-state index contributed by atoms with van der Waals surface area (Å²) in [5.41, 5.74) is 2.99. The Bertz CT molecular complexity index is 907. The van der Waals surface area contributed by atoms with Crippen LogP contribution in [0.3, 0.4) is 0 Å². The van der Waals surface area contributed by atoms with E-state index in [1.54, 1.807) is 13.0 Å². The Morgan fingerprint density at radius 1 is 1.25 bits per heavy atom. The van der Waals surface area contributed by atoms with Gasteiger partial charge in [0.05, 0.1) is 0 Å². The van der Waals surface area contributed by atoms with Crippen molar-refractivity contribution in [3.63, 3.8) is 0 Å². The Balaban J connectivity index is 1.86. The van der Waals surface area contributed by atoms with Gasteiger partial charge >= 0.3 is 0 Å². The van der Waals surface area contributed by atoms with Gasteiger partial charge in [-0.3, -0.25) is 9.59 Å². The molecule has 1 saturated heterocycles. The fourth-order valence-corrected chi connectivity index (χ4v) is 4.09. The van der Waals surface area contributed by atoms with Gasteiger partial charge in [0.15, 0.2) is 17.4 Å². The van der Waals surface area contributed by atoms with Crippen LogP contribution in [0.2, 0.25) is 0 Å². The zero-order chi connectivity index (χ0) is 20.4. The molecule has 28 heavy (non-hydrogen) atoms. The van der Waals surface area contributed by atoms with E-state index in [1.165, 1.54) is 13.0 Å². The maximum Gasteiger partial charge on any atom is 0.268 e. The summed E-state index contributed by atoms with van der Waals surface area (Å²) in [5.74, 6) is -2.28. The second-order valence-electron chi connectivity index (χ2n) is 7.24. The number of halogens is 2. The molecule has 0 aliphatic carbocycles. The van der Waals surface area contributed by atoms with Gasteiger partial charge in [-0.15, -0.1) is 0 Å². The number of carbonyl (C=O) groups excluding carboxylic acids is 2. The molecule has 1 amide bonds. The first-order chi connectivity index (χ1) is 13.3. The number of nitrogens with one attached hydrogen (secondary N) is 3. The number of benzene rings is 1. The molecular formula is C21H25F2N3O2. The smallest absolute Gasteiger partial charge is 0.268 e. The molecule has 1 aromatic heterocycles. The van der Waals surface area contributed by atoms with E-state index in [0.717, 1.165) is 12.6 Å². The van der Waals surface area contributed by atoms with Gasteiger partial charge in [0.2, 0.25) is 0 Å². The van der Waals surface area contributed by atoms with E-state index >= 15 is 0 Å². The highest BCUT2D eigenvalue weighted by atomic mass is 19.2. The molecule has 0 radical (unpaired) electrons. The van der Waals surface area contributed by atoms with Crippen LogP contribution in [0.5, 0.6) is 0 Å². The van der Waals surface area contributed by atoms with Crippen molar-refractivity contribution in [3.05, 3.63) is 57.9 Å². The van der Waals surface area contributed by atoms with Crippen LogP contribution in [0.4, 0.5) is 8.78 Å². The molecule has 5 nitrogen and oxygen atoms in total. The standard InChI is InChI=1S/C21H25F2N3O2/c1-4-14-19(12(3)27)11(2)25-20(14)21(28)26-18-10-24-8-7-15(18)13-5-6-16(22)17(23)9-13/h5-6,9,15,18,24-25H,4,7-8,10H2,1-3H3,(H,26,28). The molecular weight excluding hydrogens is 364 g/mol. The lowest BCUT2D eigenvalue weighted by atomic mass is 9.86. The van der Waals surface area contributed by atoms with Crippen LogP contribution in [-0.2, 0) is 6.42 Å². The Hall–Kier alpha value is -2.54. The molecule has 1 aliphatic heterocycles. The molecule has 0 bridgehead atoms. The molecule has 3 N–H and O–H groups in total. The number of aromatic amines is 1. The van der Waals surface area contributed by atoms with Crippen LogP contribution < -0.4 is 10.6 Å². The van der Waals surface area contributed by atoms with E-state index in [-0.39, 0.29) is 23.7 Å². The normalized spacial score (nSPS) is 19.5. The number of aryl methyl sites for hydroxylation is 1. The topological polar surface area (TPSA) is 74.0 Å². The number of piperidine rings is 1. The maximum atomic E-state index is 13.7. The van der Waals surface area contributed by atoms with Crippen molar-refractivity contribution in [1.82, 2.24) is 15.6 Å². The number of hydrogen-bond acceptors (Lipinski definition) is 3. The van der Waals surface area contributed by atoms with Gasteiger partial charge in [-0.2, -0.15) is 0 Å². The average Bonchev–Trinajstić information content (AvgIpc) is 3.01. The van der Waals surface area contributed by atoms with Crippen LogP contribution in [0, 0.1) is 18.6 Å². The van der Waals surface area contributed by atoms with E-state index in [9.17, 15) is 18.4 Å². The third-order valence-electron chi connectivity index (χ3n) is 5.39. The van der Waals surface area contributed by atoms with E-state index in [1.807, 2.05) is 6.92 Å². The van der Waals surface area contributed by atoms with E-state index < -0.39 is 11.6 Å². The van der Waals surface area contributed by atoms with Gasteiger partial charge in [0.1, 0.15) is 5.69 Å². The predicted octanol–water partition coefficient (Wildman–Crippen LogP) is 3.24. The summed E-state index contributed by atoms with van der Waals surface area (Å²) in [7, 11) is 0. The Labute approximate surface area is 162 Å². The zero-order valence-electron chi connectivity index (χ0n) is 16.3. The van der Waals surface area contributed by atoms with Crippen molar-refractivity contribution in [3.8, 4) is 0 Å². The summed E-state index contributed by atoms with van der Waals surface area (Å²) in [4.78, 5) is 27.9. The zero-order valence-corrected chi connectivity index (χ0v) is 16.3. The third kappa shape index (κ3) is 3.85. The van der Waals surface area contributed by atoms with Gasteiger partial charge < -0.3 is 15.6 Å². The Kier molecular flexibility index (Phi) is 5.93. The SMILES string of the molecule is CCc1c(C(=O)NC2CNCCC2c2ccc(F)c(F)c2)[nH]c(C)c1C(C)=O. The Morgan fingerprint density at radius 2 is 2.00 bits per heavy atom. The summed E-state index contributed by atoms with van der Waals surface area (Å²) < 4.78 is 27.0. The number of H-pyrrole nitrogens is 1. The van der Waals surface area contributed by atoms with E-state index in [0.29, 0.717) is 47.5 Å². The van der Waals surface area contributed by atoms with Crippen molar-refractivity contribution < 1.29 is 18.4 Å². The molecule has 0 spiro atoms. The highest BCUT2D eigenvalue weighted by Crippen LogP contribution is 2.28. The minimum absolute atomic E-state index is 0.0800. The molecule has 0 saturated carbocycles. The maximum absolute atomic E-state index is 13.7. The number of ketones is 1. The molecule has 2 unspecified atom stereocenters. The average molecular weight is 389 g/mol. The third-order valence-corrected chi connectivity index (χ3v) is 5.39. The summed E-state index contributed by atoms with van der Waals surface area (Å²) >= 11 is 0. The van der Waals surface area contributed by atoms with Crippen LogP contribution in [0.25, 0.3) is 0 Å². The van der Waals surface area contributed by atoms with Crippen LogP contribution in [0.1, 0.15) is 63.9 Å². The molecule has 2 heterocycles. The first kappa shape index (κ1) is 20.2. The molecule has 3 rings (SSSR count). The van der Waals surface area contributed by atoms with Gasteiger partial charge in [-0.1, -0.05) is 13.0 Å². The van der Waals surface area contributed by atoms with Gasteiger partial charge in [0.25, 0.3) is 5.91 Å². The van der Waals surface area contributed by atoms with Crippen molar-refractivity contribution in [2.45, 2.75) is 45.6 Å². The monoisotopic (exact) mass is 389 g/mol. The largest absolute Gasteiger partial charge is 0.354 e. The highest BCUT2D eigenvalue weighted by Gasteiger charge is 2.30. The number of amides is 1. The van der Waals surface area contributed by atoms with Crippen molar-refractivity contribution >= 4 is 11.7 Å². The molecule has 1 aliphatic rings. The fourth-order valence-electron chi connectivity index (χ4n) is 4.09. The predicted molar refractivity (Wildman–Crippen MR) is 103 cm³/mol. The lowest BCUT2D eigenvalue weighted by molar-refractivity contribution is 0.0918. The number of rotatable bonds is 5. The first-order valence-electron chi connectivity index (χ1n) is 9.52. The summed E-state index contributed by atoms with van der Waals surface area (Å²) in [6.45, 7) is 6.42. The molecule has 7 heteroatoms. The van der Waals surface area contributed by atoms with Crippen molar-refractivity contribution in [2.75, 3.05) is 13.1 Å². The Morgan fingerprint density at radius 3 is 2.64 bits per heavy atom. The lowest BCUT2D eigenvalue weighted by Gasteiger charge is -2.33. The van der Waals surface area contributed by atoms with Gasteiger partial charge in [0, 0.05) is 29.8 Å². The second-order valence-corrected chi connectivity index (χ2v) is 7.24.